The number of fused-ring (bicyclic) bond motifs is 1. The normalized spacial score (nSPS) is 13.0. The lowest BCUT2D eigenvalue weighted by Crippen LogP contribution is -2.26. The zero-order chi connectivity index (χ0) is 13.0. The highest BCUT2D eigenvalue weighted by molar-refractivity contribution is 5.72. The van der Waals surface area contributed by atoms with Gasteiger partial charge in [-0.2, -0.15) is 0 Å². The molecule has 0 spiro atoms. The standard InChI is InChI=1S/C14H20N2O2/c1-3-15-11(2)7-6-10-16-12-8-4-5-9-13(12)18-14(16)17/h4-5,8-9,11,15H,3,6-7,10H2,1-2H3. The summed E-state index contributed by atoms with van der Waals surface area (Å²) in [5, 5.41) is 3.37. The Bertz CT molecular complexity index is 556. The highest BCUT2D eigenvalue weighted by Crippen LogP contribution is 2.12. The van der Waals surface area contributed by atoms with Crippen molar-refractivity contribution < 1.29 is 4.42 Å². The van der Waals surface area contributed by atoms with E-state index in [-0.39, 0.29) is 5.76 Å². The molecule has 0 aliphatic rings. The molecule has 1 N–H and O–H groups in total. The van der Waals surface area contributed by atoms with Crippen LogP contribution in [0.25, 0.3) is 11.1 Å². The molecule has 0 bridgehead atoms. The van der Waals surface area contributed by atoms with Crippen LogP contribution in [-0.4, -0.2) is 17.2 Å². The van der Waals surface area contributed by atoms with Gasteiger partial charge in [0.15, 0.2) is 5.58 Å². The maximum Gasteiger partial charge on any atom is 0.419 e. The van der Waals surface area contributed by atoms with E-state index in [4.69, 9.17) is 4.42 Å². The second kappa shape index (κ2) is 5.87. The van der Waals surface area contributed by atoms with Gasteiger partial charge >= 0.3 is 5.76 Å². The Balaban J connectivity index is 2.03. The lowest BCUT2D eigenvalue weighted by Gasteiger charge is -2.11. The molecule has 4 heteroatoms. The Kier molecular flexibility index (Phi) is 4.20. The number of hydrogen-bond donors (Lipinski definition) is 1. The van der Waals surface area contributed by atoms with Gasteiger partial charge in [0.25, 0.3) is 0 Å². The third-order valence-electron chi connectivity index (χ3n) is 3.15. The number of oxazole rings is 1. The van der Waals surface area contributed by atoms with E-state index in [1.54, 1.807) is 4.57 Å². The zero-order valence-corrected chi connectivity index (χ0v) is 11.0. The van der Waals surface area contributed by atoms with Gasteiger partial charge in [0.05, 0.1) is 5.52 Å². The number of hydrogen-bond acceptors (Lipinski definition) is 3. The van der Waals surface area contributed by atoms with Crippen LogP contribution in [0, 0.1) is 0 Å². The van der Waals surface area contributed by atoms with Crippen molar-refractivity contribution in [1.29, 1.82) is 0 Å². The van der Waals surface area contributed by atoms with Gasteiger partial charge in [-0.05, 0) is 38.4 Å². The van der Waals surface area contributed by atoms with Crippen molar-refractivity contribution in [3.05, 3.63) is 34.8 Å². The molecule has 98 valence electrons. The van der Waals surface area contributed by atoms with Crippen LogP contribution in [0.4, 0.5) is 0 Å². The zero-order valence-electron chi connectivity index (χ0n) is 11.0. The van der Waals surface area contributed by atoms with E-state index in [0.29, 0.717) is 18.2 Å². The first kappa shape index (κ1) is 12.9. The van der Waals surface area contributed by atoms with Crippen LogP contribution in [0.15, 0.2) is 33.5 Å². The summed E-state index contributed by atoms with van der Waals surface area (Å²) in [6, 6.07) is 8.05. The predicted octanol–water partition coefficient (Wildman–Crippen LogP) is 2.37. The van der Waals surface area contributed by atoms with Crippen molar-refractivity contribution >= 4 is 11.1 Å². The van der Waals surface area contributed by atoms with E-state index in [1.165, 1.54) is 0 Å². The predicted molar refractivity (Wildman–Crippen MR) is 72.8 cm³/mol. The van der Waals surface area contributed by atoms with Crippen LogP contribution in [0.1, 0.15) is 26.7 Å². The van der Waals surface area contributed by atoms with Crippen molar-refractivity contribution in [1.82, 2.24) is 9.88 Å². The van der Waals surface area contributed by atoms with Gasteiger partial charge in [0, 0.05) is 12.6 Å². The molecular formula is C14H20N2O2. The topological polar surface area (TPSA) is 47.2 Å². The molecule has 1 atom stereocenters. The summed E-state index contributed by atoms with van der Waals surface area (Å²) < 4.78 is 6.91. The molecule has 2 rings (SSSR count). The number of rotatable bonds is 6. The van der Waals surface area contributed by atoms with Gasteiger partial charge in [-0.25, -0.2) is 4.79 Å². The lowest BCUT2D eigenvalue weighted by atomic mass is 10.2. The smallest absolute Gasteiger partial charge is 0.408 e. The van der Waals surface area contributed by atoms with E-state index < -0.39 is 0 Å². The molecule has 1 heterocycles. The van der Waals surface area contributed by atoms with Crippen molar-refractivity contribution in [2.24, 2.45) is 0 Å². The van der Waals surface area contributed by atoms with Gasteiger partial charge in [0.1, 0.15) is 0 Å². The fourth-order valence-corrected chi connectivity index (χ4v) is 2.23. The molecule has 0 amide bonds. The quantitative estimate of drug-likeness (QED) is 0.853. The Morgan fingerprint density at radius 1 is 1.39 bits per heavy atom. The molecule has 1 unspecified atom stereocenters. The van der Waals surface area contributed by atoms with Crippen molar-refractivity contribution in [2.75, 3.05) is 6.54 Å². The summed E-state index contributed by atoms with van der Waals surface area (Å²) in [5.41, 5.74) is 1.56. The maximum atomic E-state index is 11.7. The molecule has 18 heavy (non-hydrogen) atoms. The highest BCUT2D eigenvalue weighted by atomic mass is 16.4. The van der Waals surface area contributed by atoms with E-state index in [1.807, 2.05) is 24.3 Å². The van der Waals surface area contributed by atoms with Gasteiger partial charge in [0.2, 0.25) is 0 Å². The average molecular weight is 248 g/mol. The third kappa shape index (κ3) is 2.82. The van der Waals surface area contributed by atoms with E-state index >= 15 is 0 Å². The Hall–Kier alpha value is -1.55. The molecule has 2 aromatic rings. The minimum Gasteiger partial charge on any atom is -0.408 e. The first-order chi connectivity index (χ1) is 8.72. The van der Waals surface area contributed by atoms with Crippen LogP contribution < -0.4 is 11.1 Å². The van der Waals surface area contributed by atoms with E-state index in [2.05, 4.69) is 19.2 Å². The SMILES string of the molecule is CCNC(C)CCCn1c(=O)oc2ccccc21. The van der Waals surface area contributed by atoms with Crippen LogP contribution in [0.5, 0.6) is 0 Å². The summed E-state index contributed by atoms with van der Waals surface area (Å²) in [4.78, 5) is 11.7. The third-order valence-corrected chi connectivity index (χ3v) is 3.15. The van der Waals surface area contributed by atoms with Crippen molar-refractivity contribution in [2.45, 2.75) is 39.3 Å². The molecule has 0 saturated heterocycles. The van der Waals surface area contributed by atoms with Crippen LogP contribution in [0.2, 0.25) is 0 Å². The first-order valence-electron chi connectivity index (χ1n) is 6.54. The summed E-state index contributed by atoms with van der Waals surface area (Å²) in [5.74, 6) is -0.257. The molecule has 0 aliphatic carbocycles. The molecule has 0 fully saturated rings. The summed E-state index contributed by atoms with van der Waals surface area (Å²) in [6.07, 6.45) is 2.03. The van der Waals surface area contributed by atoms with Gasteiger partial charge in [-0.1, -0.05) is 19.1 Å². The number of aryl methyl sites for hydroxylation is 1. The molecule has 0 saturated carbocycles. The Labute approximate surface area is 107 Å². The minimum absolute atomic E-state index is 0.257. The fraction of sp³-hybridized carbons (Fsp3) is 0.500. The van der Waals surface area contributed by atoms with Crippen molar-refractivity contribution in [3.8, 4) is 0 Å². The molecule has 0 radical (unpaired) electrons. The highest BCUT2D eigenvalue weighted by Gasteiger charge is 2.08. The molecule has 4 nitrogen and oxygen atoms in total. The Morgan fingerprint density at radius 2 is 2.17 bits per heavy atom. The van der Waals surface area contributed by atoms with Gasteiger partial charge in [-0.3, -0.25) is 4.57 Å². The molecule has 0 aliphatic heterocycles. The number of aromatic nitrogens is 1. The maximum absolute atomic E-state index is 11.7. The van der Waals surface area contributed by atoms with Crippen LogP contribution >= 0.6 is 0 Å². The second-order valence-corrected chi connectivity index (χ2v) is 4.59. The van der Waals surface area contributed by atoms with E-state index in [9.17, 15) is 4.79 Å². The van der Waals surface area contributed by atoms with Gasteiger partial charge < -0.3 is 9.73 Å². The van der Waals surface area contributed by atoms with Gasteiger partial charge in [-0.15, -0.1) is 0 Å². The van der Waals surface area contributed by atoms with Crippen molar-refractivity contribution in [3.63, 3.8) is 0 Å². The lowest BCUT2D eigenvalue weighted by molar-refractivity contribution is 0.459. The van der Waals surface area contributed by atoms with E-state index in [0.717, 1.165) is 24.9 Å². The van der Waals surface area contributed by atoms with Crippen LogP contribution in [-0.2, 0) is 6.54 Å². The Morgan fingerprint density at radius 3 is 2.94 bits per heavy atom. The summed E-state index contributed by atoms with van der Waals surface area (Å²) in [7, 11) is 0. The summed E-state index contributed by atoms with van der Waals surface area (Å²) in [6.45, 7) is 5.96. The molecule has 1 aromatic heterocycles. The monoisotopic (exact) mass is 248 g/mol. The van der Waals surface area contributed by atoms with Crippen LogP contribution in [0.3, 0.4) is 0 Å². The molecule has 1 aromatic carbocycles. The first-order valence-corrected chi connectivity index (χ1v) is 6.54. The summed E-state index contributed by atoms with van der Waals surface area (Å²) >= 11 is 0. The minimum atomic E-state index is -0.257. The number of nitrogens with zero attached hydrogens (tertiary/aromatic N) is 1. The number of para-hydroxylation sites is 2. The average Bonchev–Trinajstić information content (AvgIpc) is 2.66. The largest absolute Gasteiger partial charge is 0.419 e. The number of nitrogens with one attached hydrogen (secondary N) is 1. The second-order valence-electron chi connectivity index (χ2n) is 4.59. The molecular weight excluding hydrogens is 228 g/mol. The number of benzene rings is 1. The fourth-order valence-electron chi connectivity index (χ4n) is 2.23.